The minimum absolute atomic E-state index is 0.00145. The summed E-state index contributed by atoms with van der Waals surface area (Å²) in [5.74, 6) is 0. The maximum absolute atomic E-state index is 11.7. The van der Waals surface area contributed by atoms with Crippen LogP contribution in [0.1, 0.15) is 40.2 Å². The Morgan fingerprint density at radius 1 is 1.38 bits per heavy atom. The zero-order valence-electron chi connectivity index (χ0n) is 12.8. The van der Waals surface area contributed by atoms with E-state index in [0.29, 0.717) is 11.3 Å². The first-order valence-electron chi connectivity index (χ1n) is 6.44. The van der Waals surface area contributed by atoms with Crippen LogP contribution in [-0.4, -0.2) is 16.9 Å². The second-order valence-corrected chi connectivity index (χ2v) is 5.76. The van der Waals surface area contributed by atoms with E-state index in [4.69, 9.17) is 27.9 Å². The van der Waals surface area contributed by atoms with Gasteiger partial charge in [0.2, 0.25) is 12.4 Å². The van der Waals surface area contributed by atoms with Crippen LogP contribution < -0.4 is 10.0 Å². The zero-order valence-corrected chi connectivity index (χ0v) is 14.3. The van der Waals surface area contributed by atoms with Gasteiger partial charge >= 0.3 is 6.09 Å². The van der Waals surface area contributed by atoms with Crippen LogP contribution >= 0.6 is 23.2 Å². The first kappa shape index (κ1) is 19.5. The van der Waals surface area contributed by atoms with Crippen molar-refractivity contribution in [1.29, 1.82) is 0 Å². The molecule has 0 saturated carbocycles. The monoisotopic (exact) mass is 335 g/mol. The molecule has 0 aliphatic rings. The van der Waals surface area contributed by atoms with Gasteiger partial charge in [0.15, 0.2) is 0 Å². The average molecular weight is 336 g/mol. The largest absolute Gasteiger partial charge is 0.444 e. The van der Waals surface area contributed by atoms with Crippen molar-refractivity contribution in [2.75, 3.05) is 5.32 Å². The van der Waals surface area contributed by atoms with Crippen molar-refractivity contribution in [2.45, 2.75) is 40.2 Å². The van der Waals surface area contributed by atoms with Crippen LogP contribution in [0.15, 0.2) is 23.0 Å². The summed E-state index contributed by atoms with van der Waals surface area (Å²) in [5, 5.41) is 11.9. The van der Waals surface area contributed by atoms with E-state index in [2.05, 4.69) is 5.32 Å². The highest BCUT2D eigenvalue weighted by molar-refractivity contribution is 6.57. The van der Waals surface area contributed by atoms with E-state index in [1.165, 1.54) is 24.5 Å². The van der Waals surface area contributed by atoms with Crippen LogP contribution in [0, 0.1) is 0 Å². The molecule has 0 unspecified atom stereocenters. The zero-order chi connectivity index (χ0) is 16.6. The van der Waals surface area contributed by atoms with Crippen LogP contribution in [0.25, 0.3) is 6.08 Å². The van der Waals surface area contributed by atoms with Crippen LogP contribution in [0.3, 0.4) is 0 Å². The Hall–Kier alpha value is -1.46. The molecule has 0 aliphatic carbocycles. The maximum atomic E-state index is 11.7. The molecule has 0 fully saturated rings. The molecule has 0 aliphatic heterocycles. The molecule has 0 bridgehead atoms. The number of hydrogen-bond acceptors (Lipinski definition) is 3. The van der Waals surface area contributed by atoms with Gasteiger partial charge in [-0.1, -0.05) is 37.0 Å². The third kappa shape index (κ3) is 8.42. The minimum atomic E-state index is -0.608. The summed E-state index contributed by atoms with van der Waals surface area (Å²) in [7, 11) is 0. The number of hydrogen-bond donors (Lipinski definition) is 2. The summed E-state index contributed by atoms with van der Waals surface area (Å²) >= 11 is 11.1. The van der Waals surface area contributed by atoms with Gasteiger partial charge < -0.3 is 4.74 Å². The highest BCUT2D eigenvalue weighted by Gasteiger charge is 2.18. The summed E-state index contributed by atoms with van der Waals surface area (Å²) in [6.45, 7) is 9.28. The fourth-order valence-corrected chi connectivity index (χ4v) is 1.50. The second-order valence-electron chi connectivity index (χ2n) is 4.75. The number of nitrogens with one attached hydrogen (secondary N) is 1. The predicted molar refractivity (Wildman–Crippen MR) is 84.7 cm³/mol. The summed E-state index contributed by atoms with van der Waals surface area (Å²) in [4.78, 5) is 11.7. The molecular weight excluding hydrogens is 315 g/mol. The number of carbonyl (C=O) groups is 1. The first-order valence-corrected chi connectivity index (χ1v) is 7.20. The Bertz CT molecular complexity index is 507. The van der Waals surface area contributed by atoms with Crippen molar-refractivity contribution in [2.24, 2.45) is 0 Å². The van der Waals surface area contributed by atoms with E-state index in [9.17, 15) is 10.0 Å². The molecule has 1 aromatic heterocycles. The first-order chi connectivity index (χ1) is 9.67. The fraction of sp³-hybridized carbons (Fsp3) is 0.429. The smallest absolute Gasteiger partial charge is 0.412 e. The Morgan fingerprint density at radius 3 is 2.43 bits per heavy atom. The van der Waals surface area contributed by atoms with Gasteiger partial charge in [-0.05, 0) is 26.8 Å². The maximum Gasteiger partial charge on any atom is 0.412 e. The number of rotatable bonds is 2. The van der Waals surface area contributed by atoms with Crippen molar-refractivity contribution in [3.8, 4) is 0 Å². The molecule has 7 heteroatoms. The molecule has 1 rings (SSSR count). The van der Waals surface area contributed by atoms with Gasteiger partial charge in [-0.3, -0.25) is 10.5 Å². The SMILES string of the molecule is CC.CC(C)(C)OC(=O)Nc1cc[n+](O)cc1C=C(Cl)Cl. The van der Waals surface area contributed by atoms with Gasteiger partial charge in [-0.15, -0.1) is 0 Å². The van der Waals surface area contributed by atoms with Crippen molar-refractivity contribution in [1.82, 2.24) is 0 Å². The molecule has 1 amide bonds. The lowest BCUT2D eigenvalue weighted by Crippen LogP contribution is -2.31. The molecule has 5 nitrogen and oxygen atoms in total. The number of amides is 1. The highest BCUT2D eigenvalue weighted by atomic mass is 35.5. The van der Waals surface area contributed by atoms with E-state index in [1.807, 2.05) is 13.8 Å². The standard InChI is InChI=1S/C12H14Cl2N2O3.C2H6/c1-12(2,3)19-11(17)15-9-4-5-16(18)7-8(9)6-10(13)14;1-2/h4-7,18H,1-3H3;1-2H3/p+1. The Kier molecular flexibility index (Phi) is 8.14. The number of ether oxygens (including phenoxy) is 1. The van der Waals surface area contributed by atoms with Crippen LogP contribution in [-0.2, 0) is 4.74 Å². The van der Waals surface area contributed by atoms with E-state index in [1.54, 1.807) is 20.8 Å². The molecule has 0 atom stereocenters. The third-order valence-electron chi connectivity index (χ3n) is 1.88. The number of nitrogens with zero attached hydrogens (tertiary/aromatic N) is 1. The molecule has 21 heavy (non-hydrogen) atoms. The fourth-order valence-electron chi connectivity index (χ4n) is 1.26. The van der Waals surface area contributed by atoms with Crippen molar-refractivity contribution in [3.63, 3.8) is 0 Å². The van der Waals surface area contributed by atoms with Crippen LogP contribution in [0.4, 0.5) is 10.5 Å². The quantitative estimate of drug-likeness (QED) is 0.623. The highest BCUT2D eigenvalue weighted by Crippen LogP contribution is 2.20. The second kappa shape index (κ2) is 8.74. The van der Waals surface area contributed by atoms with Crippen LogP contribution in [0.5, 0.6) is 0 Å². The number of carbonyl (C=O) groups excluding carboxylic acids is 1. The van der Waals surface area contributed by atoms with Gasteiger partial charge in [0.1, 0.15) is 10.1 Å². The number of halogens is 2. The lowest BCUT2D eigenvalue weighted by atomic mass is 10.2. The van der Waals surface area contributed by atoms with Gasteiger partial charge in [0.05, 0.1) is 11.3 Å². The summed E-state index contributed by atoms with van der Waals surface area (Å²) in [6.07, 6.45) is 3.48. The number of aromatic nitrogens is 1. The summed E-state index contributed by atoms with van der Waals surface area (Å²) < 4.78 is 5.95. The molecule has 0 aromatic carbocycles. The molecule has 0 saturated heterocycles. The van der Waals surface area contributed by atoms with E-state index in [-0.39, 0.29) is 4.49 Å². The topological polar surface area (TPSA) is 62.4 Å². The van der Waals surface area contributed by atoms with E-state index < -0.39 is 11.7 Å². The van der Waals surface area contributed by atoms with E-state index >= 15 is 0 Å². The molecule has 118 valence electrons. The normalized spacial score (nSPS) is 10.0. The molecule has 2 N–H and O–H groups in total. The lowest BCUT2D eigenvalue weighted by Gasteiger charge is -2.19. The van der Waals surface area contributed by atoms with Crippen molar-refractivity contribution >= 4 is 41.1 Å². The Balaban J connectivity index is 0.00000191. The average Bonchev–Trinajstić information content (AvgIpc) is 2.32. The Labute approximate surface area is 135 Å². The van der Waals surface area contributed by atoms with Gasteiger partial charge in [0.25, 0.3) is 0 Å². The lowest BCUT2D eigenvalue weighted by molar-refractivity contribution is -0.904. The van der Waals surface area contributed by atoms with Crippen molar-refractivity contribution in [3.05, 3.63) is 28.5 Å². The van der Waals surface area contributed by atoms with Gasteiger partial charge in [0, 0.05) is 10.8 Å². The van der Waals surface area contributed by atoms with Gasteiger partial charge in [-0.2, -0.15) is 0 Å². The Morgan fingerprint density at radius 2 is 1.95 bits per heavy atom. The number of pyridine rings is 1. The predicted octanol–water partition coefficient (Wildman–Crippen LogP) is 4.36. The molecular formula is C14H21Cl2N2O3+. The number of anilines is 1. The van der Waals surface area contributed by atoms with Crippen LogP contribution in [0.2, 0.25) is 0 Å². The summed E-state index contributed by atoms with van der Waals surface area (Å²) in [6, 6.07) is 1.49. The molecule has 0 spiro atoms. The van der Waals surface area contributed by atoms with Crippen molar-refractivity contribution < 1.29 is 19.5 Å². The molecule has 1 aromatic rings. The van der Waals surface area contributed by atoms with Gasteiger partial charge in [-0.25, -0.2) is 4.79 Å². The summed E-state index contributed by atoms with van der Waals surface area (Å²) in [5.41, 5.74) is 0.254. The van der Waals surface area contributed by atoms with E-state index in [0.717, 1.165) is 4.73 Å². The minimum Gasteiger partial charge on any atom is -0.444 e. The molecule has 1 heterocycles. The third-order valence-corrected chi connectivity index (χ3v) is 2.09. The molecule has 0 radical (unpaired) electrons.